The smallest absolute Gasteiger partial charge is 0.288 e. The molecule has 0 aliphatic rings. The summed E-state index contributed by atoms with van der Waals surface area (Å²) in [6.45, 7) is 0. The molecule has 0 N–H and O–H groups in total. The highest BCUT2D eigenvalue weighted by molar-refractivity contribution is 5.08. The van der Waals surface area contributed by atoms with Gasteiger partial charge in [-0.3, -0.25) is 5.11 Å². The van der Waals surface area contributed by atoms with E-state index in [4.69, 9.17) is 0 Å². The molecule has 0 bridgehead atoms. The van der Waals surface area contributed by atoms with Crippen LogP contribution in [0.5, 0.6) is 11.8 Å². The van der Waals surface area contributed by atoms with Gasteiger partial charge in [0.2, 0.25) is 5.88 Å². The molecule has 1 aromatic heterocycles. The Morgan fingerprint density at radius 3 is 2.67 bits per heavy atom. The Bertz CT molecular complexity index is 185. The van der Waals surface area contributed by atoms with E-state index in [1.807, 2.05) is 0 Å². The Labute approximate surface area is 52.1 Å². The fourth-order valence-electron chi connectivity index (χ4n) is 0.410. The van der Waals surface area contributed by atoms with Crippen molar-refractivity contribution in [1.29, 1.82) is 0 Å². The molecule has 0 aromatic carbocycles. The van der Waals surface area contributed by atoms with Crippen molar-refractivity contribution in [2.24, 2.45) is 0 Å². The molecule has 0 aliphatic heterocycles. The van der Waals surface area contributed by atoms with Crippen molar-refractivity contribution in [2.75, 3.05) is 7.11 Å². The Morgan fingerprint density at radius 1 is 1.44 bits per heavy atom. The van der Waals surface area contributed by atoms with Gasteiger partial charge in [-0.2, -0.15) is 0 Å². The number of nitrogens with zero attached hydrogens (tertiary/aromatic N) is 2. The Hall–Kier alpha value is -1.32. The molecule has 0 atom stereocenters. The minimum atomic E-state index is -0.351. The van der Waals surface area contributed by atoms with E-state index in [1.165, 1.54) is 13.3 Å². The first kappa shape index (κ1) is 5.81. The maximum Gasteiger partial charge on any atom is 0.288 e. The van der Waals surface area contributed by atoms with Gasteiger partial charge in [0.1, 0.15) is 0 Å². The second kappa shape index (κ2) is 2.30. The molecule has 0 amide bonds. The van der Waals surface area contributed by atoms with Crippen LogP contribution in [0.25, 0.3) is 0 Å². The van der Waals surface area contributed by atoms with Gasteiger partial charge in [0.05, 0.1) is 19.5 Å². The Kier molecular flexibility index (Phi) is 1.48. The summed E-state index contributed by atoms with van der Waals surface area (Å²) in [5, 5.41) is 10.3. The van der Waals surface area contributed by atoms with E-state index in [9.17, 15) is 5.11 Å². The van der Waals surface area contributed by atoms with Crippen molar-refractivity contribution in [3.63, 3.8) is 0 Å². The van der Waals surface area contributed by atoms with E-state index in [2.05, 4.69) is 14.7 Å². The minimum absolute atomic E-state index is 0.351. The van der Waals surface area contributed by atoms with Crippen LogP contribution in [0.1, 0.15) is 0 Å². The highest BCUT2D eigenvalue weighted by Crippen LogP contribution is 2.05. The predicted molar refractivity (Wildman–Crippen MR) is 28.7 cm³/mol. The molecule has 0 spiro atoms. The van der Waals surface area contributed by atoms with Crippen molar-refractivity contribution in [1.82, 2.24) is 9.97 Å². The molecule has 47 valence electrons. The summed E-state index contributed by atoms with van der Waals surface area (Å²) >= 11 is 0. The summed E-state index contributed by atoms with van der Waals surface area (Å²) < 4.78 is 4.66. The van der Waals surface area contributed by atoms with Gasteiger partial charge in [-0.1, -0.05) is 0 Å². The van der Waals surface area contributed by atoms with Crippen molar-refractivity contribution >= 4 is 0 Å². The van der Waals surface area contributed by atoms with Gasteiger partial charge >= 0.3 is 0 Å². The Balaban J connectivity index is 2.88. The standard InChI is InChI=1S/C5H5N2O2/c1-9-5-3-6-4(8)2-7-5/h2-3H,1H3. The topological polar surface area (TPSA) is 54.9 Å². The van der Waals surface area contributed by atoms with Crippen LogP contribution < -0.4 is 4.74 Å². The normalized spacial score (nSPS) is 9.00. The van der Waals surface area contributed by atoms with Crippen LogP contribution in [-0.2, 0) is 5.11 Å². The molecule has 4 heteroatoms. The average Bonchev–Trinajstić information content (AvgIpc) is 1.90. The third-order valence-corrected chi connectivity index (χ3v) is 0.814. The summed E-state index contributed by atoms with van der Waals surface area (Å²) in [6.07, 6.45) is 2.39. The molecular weight excluding hydrogens is 120 g/mol. The van der Waals surface area contributed by atoms with Gasteiger partial charge in [0, 0.05) is 0 Å². The number of hydrogen-bond donors (Lipinski definition) is 0. The van der Waals surface area contributed by atoms with Crippen molar-refractivity contribution in [3.8, 4) is 11.8 Å². The van der Waals surface area contributed by atoms with E-state index in [0.717, 1.165) is 6.20 Å². The third kappa shape index (κ3) is 1.28. The summed E-state index contributed by atoms with van der Waals surface area (Å²) in [7, 11) is 1.47. The van der Waals surface area contributed by atoms with Gasteiger partial charge < -0.3 is 4.74 Å². The van der Waals surface area contributed by atoms with Crippen LogP contribution in [0.2, 0.25) is 0 Å². The van der Waals surface area contributed by atoms with Crippen molar-refractivity contribution in [3.05, 3.63) is 12.4 Å². The maximum atomic E-state index is 10.3. The van der Waals surface area contributed by atoms with E-state index in [-0.39, 0.29) is 5.88 Å². The Morgan fingerprint density at radius 2 is 2.22 bits per heavy atom. The maximum absolute atomic E-state index is 10.3. The van der Waals surface area contributed by atoms with Gasteiger partial charge in [0.25, 0.3) is 5.88 Å². The fourth-order valence-corrected chi connectivity index (χ4v) is 0.410. The first-order chi connectivity index (χ1) is 4.33. The summed E-state index contributed by atoms with van der Waals surface area (Å²) in [6, 6.07) is 0. The second-order valence-corrected chi connectivity index (χ2v) is 1.40. The van der Waals surface area contributed by atoms with Crippen LogP contribution in [-0.4, -0.2) is 17.1 Å². The molecule has 0 saturated carbocycles. The summed E-state index contributed by atoms with van der Waals surface area (Å²) in [4.78, 5) is 7.01. The lowest BCUT2D eigenvalue weighted by atomic mass is 10.7. The largest absolute Gasteiger partial charge is 0.480 e. The number of aromatic nitrogens is 2. The molecule has 1 aromatic rings. The second-order valence-electron chi connectivity index (χ2n) is 1.40. The van der Waals surface area contributed by atoms with Gasteiger partial charge in [-0.15, -0.1) is 0 Å². The van der Waals surface area contributed by atoms with Crippen molar-refractivity contribution < 1.29 is 9.84 Å². The van der Waals surface area contributed by atoms with E-state index in [0.29, 0.717) is 5.88 Å². The highest BCUT2D eigenvalue weighted by atomic mass is 16.5. The predicted octanol–water partition coefficient (Wildman–Crippen LogP) is 0.629. The zero-order valence-corrected chi connectivity index (χ0v) is 4.87. The fraction of sp³-hybridized carbons (Fsp3) is 0.200. The molecule has 0 saturated heterocycles. The molecule has 1 heterocycles. The molecule has 4 nitrogen and oxygen atoms in total. The van der Waals surface area contributed by atoms with E-state index >= 15 is 0 Å². The lowest BCUT2D eigenvalue weighted by Crippen LogP contribution is -1.86. The highest BCUT2D eigenvalue weighted by Gasteiger charge is 1.92. The zero-order chi connectivity index (χ0) is 6.69. The van der Waals surface area contributed by atoms with Crippen LogP contribution in [0.4, 0.5) is 0 Å². The zero-order valence-electron chi connectivity index (χ0n) is 4.87. The van der Waals surface area contributed by atoms with E-state index < -0.39 is 0 Å². The number of rotatable bonds is 1. The van der Waals surface area contributed by atoms with E-state index in [1.54, 1.807) is 0 Å². The summed E-state index contributed by atoms with van der Waals surface area (Å²) in [5.74, 6) is 0.00500. The lowest BCUT2D eigenvalue weighted by molar-refractivity contribution is 0.329. The SMILES string of the molecule is COc1cnc([O])cn1. The molecule has 1 rings (SSSR count). The number of ether oxygens (including phenoxy) is 1. The number of hydrogen-bond acceptors (Lipinski definition) is 3. The third-order valence-electron chi connectivity index (χ3n) is 0.814. The molecule has 0 aliphatic carbocycles. The first-order valence-electron chi connectivity index (χ1n) is 2.36. The number of methoxy groups -OCH3 is 1. The monoisotopic (exact) mass is 125 g/mol. The van der Waals surface area contributed by atoms with Crippen LogP contribution in [0.15, 0.2) is 12.4 Å². The van der Waals surface area contributed by atoms with Gasteiger partial charge in [-0.05, 0) is 0 Å². The van der Waals surface area contributed by atoms with Crippen molar-refractivity contribution in [2.45, 2.75) is 0 Å². The lowest BCUT2D eigenvalue weighted by Gasteiger charge is -1.92. The van der Waals surface area contributed by atoms with Crippen LogP contribution >= 0.6 is 0 Å². The van der Waals surface area contributed by atoms with Gasteiger partial charge in [-0.25, -0.2) is 9.97 Å². The molecule has 0 unspecified atom stereocenters. The van der Waals surface area contributed by atoms with Crippen LogP contribution in [0, 0.1) is 0 Å². The average molecular weight is 125 g/mol. The molecule has 9 heavy (non-hydrogen) atoms. The van der Waals surface area contributed by atoms with Gasteiger partial charge in [0.15, 0.2) is 0 Å². The quantitative estimate of drug-likeness (QED) is 0.553. The van der Waals surface area contributed by atoms with Crippen LogP contribution in [0.3, 0.4) is 0 Å². The first-order valence-corrected chi connectivity index (χ1v) is 2.36. The summed E-state index contributed by atoms with van der Waals surface area (Å²) in [5.41, 5.74) is 0. The molecule has 0 fully saturated rings. The molecular formula is C5H5N2O2. The molecule has 1 radical (unpaired) electrons. The minimum Gasteiger partial charge on any atom is -0.480 e.